The van der Waals surface area contributed by atoms with Gasteiger partial charge in [0.1, 0.15) is 23.1 Å². The van der Waals surface area contributed by atoms with Crippen LogP contribution in [0, 0.1) is 11.6 Å². The van der Waals surface area contributed by atoms with Crippen LogP contribution in [-0.4, -0.2) is 47.8 Å². The summed E-state index contributed by atoms with van der Waals surface area (Å²) >= 11 is 0. The van der Waals surface area contributed by atoms with Crippen molar-refractivity contribution in [1.29, 1.82) is 0 Å². The molecule has 1 amide bonds. The maximum Gasteiger partial charge on any atom is 0.277 e. The molecule has 1 aromatic carbocycles. The van der Waals surface area contributed by atoms with E-state index in [9.17, 15) is 18.7 Å². The van der Waals surface area contributed by atoms with Crippen LogP contribution in [-0.2, 0) is 0 Å². The van der Waals surface area contributed by atoms with Crippen LogP contribution in [0.5, 0.6) is 0 Å². The number of nitrogens with one attached hydrogen (secondary N) is 1. The Hall–Kier alpha value is -3.86. The number of fused-ring (bicyclic) bond motifs is 1. The Bertz CT molecular complexity index is 1440. The van der Waals surface area contributed by atoms with Crippen LogP contribution in [0.3, 0.4) is 0 Å². The minimum atomic E-state index is -0.479. The zero-order valence-electron chi connectivity index (χ0n) is 19.4. The first kappa shape index (κ1) is 22.6. The van der Waals surface area contributed by atoms with Crippen molar-refractivity contribution in [2.75, 3.05) is 16.8 Å². The normalized spacial score (nSPS) is 22.0. The molecule has 3 atom stereocenters. The van der Waals surface area contributed by atoms with Gasteiger partial charge in [0.15, 0.2) is 11.5 Å². The van der Waals surface area contributed by atoms with Crippen LogP contribution >= 0.6 is 0 Å². The Labute approximate surface area is 205 Å². The van der Waals surface area contributed by atoms with Gasteiger partial charge in [-0.2, -0.15) is 4.52 Å². The maximum atomic E-state index is 14.5. The van der Waals surface area contributed by atoms with Crippen molar-refractivity contribution in [3.8, 4) is 0 Å². The van der Waals surface area contributed by atoms with Crippen LogP contribution in [0.1, 0.15) is 60.2 Å². The minimum absolute atomic E-state index is 0.130. The molecule has 1 saturated heterocycles. The highest BCUT2D eigenvalue weighted by Crippen LogP contribution is 2.37. The SMILES string of the molecule is O=C(Nc1cnc2ccc(N3CCCC3c3cc(F)ccc3F)nn12)c1cn(C2CCC(O)C2)cn1. The summed E-state index contributed by atoms with van der Waals surface area (Å²) in [5.74, 6) is -0.381. The van der Waals surface area contributed by atoms with Gasteiger partial charge in [0.05, 0.1) is 24.7 Å². The first-order valence-electron chi connectivity index (χ1n) is 12.1. The van der Waals surface area contributed by atoms with Crippen molar-refractivity contribution in [3.05, 3.63) is 71.9 Å². The topological polar surface area (TPSA) is 101 Å². The minimum Gasteiger partial charge on any atom is -0.393 e. The summed E-state index contributed by atoms with van der Waals surface area (Å²) in [7, 11) is 0. The van der Waals surface area contributed by atoms with Gasteiger partial charge in [-0.1, -0.05) is 0 Å². The summed E-state index contributed by atoms with van der Waals surface area (Å²) in [6.45, 7) is 0.642. The number of anilines is 2. The Morgan fingerprint density at radius 3 is 2.83 bits per heavy atom. The summed E-state index contributed by atoms with van der Waals surface area (Å²) in [5, 5.41) is 17.3. The van der Waals surface area contributed by atoms with Gasteiger partial charge in [0.25, 0.3) is 5.91 Å². The quantitative estimate of drug-likeness (QED) is 0.438. The van der Waals surface area contributed by atoms with E-state index in [1.165, 1.54) is 16.8 Å². The van der Waals surface area contributed by atoms with E-state index < -0.39 is 17.5 Å². The van der Waals surface area contributed by atoms with Crippen LogP contribution in [0.4, 0.5) is 20.4 Å². The zero-order chi connectivity index (χ0) is 24.8. The molecular weight excluding hydrogens is 468 g/mol. The van der Waals surface area contributed by atoms with Gasteiger partial charge in [0.2, 0.25) is 0 Å². The number of aliphatic hydroxyl groups is 1. The number of benzene rings is 1. The predicted octanol–water partition coefficient (Wildman–Crippen LogP) is 3.88. The van der Waals surface area contributed by atoms with Gasteiger partial charge in [0, 0.05) is 24.3 Å². The lowest BCUT2D eigenvalue weighted by molar-refractivity contribution is 0.102. The highest BCUT2D eigenvalue weighted by molar-refractivity contribution is 6.02. The second-order valence-corrected chi connectivity index (χ2v) is 9.40. The Morgan fingerprint density at radius 1 is 1.11 bits per heavy atom. The molecule has 11 heteroatoms. The van der Waals surface area contributed by atoms with E-state index in [2.05, 4.69) is 20.4 Å². The highest BCUT2D eigenvalue weighted by Gasteiger charge is 2.30. The average molecular weight is 494 g/mol. The molecule has 0 bridgehead atoms. The molecule has 4 heterocycles. The number of hydrogen-bond acceptors (Lipinski definition) is 6. The van der Waals surface area contributed by atoms with E-state index in [0.717, 1.165) is 31.4 Å². The van der Waals surface area contributed by atoms with Crippen LogP contribution < -0.4 is 10.2 Å². The van der Waals surface area contributed by atoms with Gasteiger partial charge in [-0.15, -0.1) is 5.10 Å². The third-order valence-electron chi connectivity index (χ3n) is 7.09. The van der Waals surface area contributed by atoms with E-state index in [4.69, 9.17) is 0 Å². The molecule has 2 aliphatic rings. The third-order valence-corrected chi connectivity index (χ3v) is 7.09. The summed E-state index contributed by atoms with van der Waals surface area (Å²) in [6, 6.07) is 6.86. The number of carbonyl (C=O) groups is 1. The molecule has 4 aromatic rings. The lowest BCUT2D eigenvalue weighted by Gasteiger charge is -2.26. The van der Waals surface area contributed by atoms with Crippen molar-refractivity contribution >= 4 is 23.2 Å². The molecule has 186 valence electrons. The molecule has 2 N–H and O–H groups in total. The molecule has 0 radical (unpaired) electrons. The van der Waals surface area contributed by atoms with Gasteiger partial charge in [-0.05, 0) is 62.4 Å². The largest absolute Gasteiger partial charge is 0.393 e. The fourth-order valence-corrected chi connectivity index (χ4v) is 5.28. The highest BCUT2D eigenvalue weighted by atomic mass is 19.1. The fraction of sp³-hybridized carbons (Fsp3) is 0.360. The van der Waals surface area contributed by atoms with Crippen molar-refractivity contribution in [3.63, 3.8) is 0 Å². The van der Waals surface area contributed by atoms with Crippen molar-refractivity contribution in [2.45, 2.75) is 50.3 Å². The second-order valence-electron chi connectivity index (χ2n) is 9.40. The number of aromatic nitrogens is 5. The average Bonchev–Trinajstić information content (AvgIpc) is 3.67. The number of rotatable bonds is 5. The first-order chi connectivity index (χ1) is 17.5. The molecule has 1 saturated carbocycles. The first-order valence-corrected chi connectivity index (χ1v) is 12.1. The summed E-state index contributed by atoms with van der Waals surface area (Å²) in [5.41, 5.74) is 1.09. The predicted molar refractivity (Wildman–Crippen MR) is 128 cm³/mol. The standard InChI is InChI=1S/C25H25F2N7O2/c26-15-3-6-19(27)18(10-15)21-2-1-9-33(21)23-8-7-22-28-12-24(34(22)31-23)30-25(36)20-13-32(14-29-20)16-4-5-17(35)11-16/h3,6-8,10,12-14,16-17,21,35H,1-2,4-5,9,11H2,(H,30,36). The third kappa shape index (κ3) is 4.09. The van der Waals surface area contributed by atoms with Crippen molar-refractivity contribution in [1.82, 2.24) is 24.1 Å². The maximum absolute atomic E-state index is 14.5. The Balaban J connectivity index is 1.25. The number of amides is 1. The molecule has 3 aromatic heterocycles. The molecular formula is C25H25F2N7O2. The Morgan fingerprint density at radius 2 is 2.00 bits per heavy atom. The summed E-state index contributed by atoms with van der Waals surface area (Å²) in [6.07, 6.45) is 8.21. The smallest absolute Gasteiger partial charge is 0.277 e. The molecule has 1 aliphatic heterocycles. The van der Waals surface area contributed by atoms with Gasteiger partial charge < -0.3 is 19.9 Å². The molecule has 9 nitrogen and oxygen atoms in total. The molecule has 0 spiro atoms. The molecule has 36 heavy (non-hydrogen) atoms. The number of nitrogens with zero attached hydrogens (tertiary/aromatic N) is 6. The summed E-state index contributed by atoms with van der Waals surface area (Å²) < 4.78 is 31.7. The van der Waals surface area contributed by atoms with Crippen LogP contribution in [0.25, 0.3) is 5.65 Å². The molecule has 1 aliphatic carbocycles. The van der Waals surface area contributed by atoms with E-state index in [0.29, 0.717) is 42.2 Å². The number of halogens is 2. The fourth-order valence-electron chi connectivity index (χ4n) is 5.28. The van der Waals surface area contributed by atoms with Crippen LogP contribution in [0.15, 0.2) is 49.1 Å². The lowest BCUT2D eigenvalue weighted by Crippen LogP contribution is -2.25. The van der Waals surface area contributed by atoms with E-state index in [1.807, 2.05) is 9.47 Å². The molecule has 3 unspecified atom stereocenters. The second kappa shape index (κ2) is 8.98. The summed E-state index contributed by atoms with van der Waals surface area (Å²) in [4.78, 5) is 23.4. The van der Waals surface area contributed by atoms with Crippen LogP contribution in [0.2, 0.25) is 0 Å². The van der Waals surface area contributed by atoms with Gasteiger partial charge >= 0.3 is 0 Å². The van der Waals surface area contributed by atoms with Crippen molar-refractivity contribution < 1.29 is 18.7 Å². The number of carbonyl (C=O) groups excluding carboxylic acids is 1. The van der Waals surface area contributed by atoms with Crippen molar-refractivity contribution in [2.24, 2.45) is 0 Å². The van der Waals surface area contributed by atoms with Gasteiger partial charge in [-0.3, -0.25) is 4.79 Å². The van der Waals surface area contributed by atoms with E-state index >= 15 is 0 Å². The number of hydrogen-bond donors (Lipinski definition) is 2. The lowest BCUT2D eigenvalue weighted by atomic mass is 10.0. The molecule has 6 rings (SSSR count). The van der Waals surface area contributed by atoms with Gasteiger partial charge in [-0.25, -0.2) is 18.7 Å². The molecule has 2 fully saturated rings. The monoisotopic (exact) mass is 493 g/mol. The zero-order valence-corrected chi connectivity index (χ0v) is 19.4. The van der Waals surface area contributed by atoms with E-state index in [-0.39, 0.29) is 23.9 Å². The number of aliphatic hydroxyl groups excluding tert-OH is 1. The number of imidazole rings is 2. The van der Waals surface area contributed by atoms with E-state index in [1.54, 1.807) is 24.7 Å². The Kier molecular flexibility index (Phi) is 5.63.